The fourth-order valence-corrected chi connectivity index (χ4v) is 3.78. The SMILES string of the molecule is Cc1cc(-c2ccc(C(F)(F)F)cc2)nc(C2=N[C@@]3(CC2)CCN(C)C3=O)n1. The largest absolute Gasteiger partial charge is 0.416 e. The van der Waals surface area contributed by atoms with Crippen molar-refractivity contribution >= 4 is 11.6 Å². The number of halogens is 3. The van der Waals surface area contributed by atoms with E-state index in [-0.39, 0.29) is 5.91 Å². The van der Waals surface area contributed by atoms with Crippen molar-refractivity contribution in [2.75, 3.05) is 13.6 Å². The van der Waals surface area contributed by atoms with Crippen molar-refractivity contribution in [1.82, 2.24) is 14.9 Å². The molecule has 4 rings (SSSR count). The fourth-order valence-electron chi connectivity index (χ4n) is 3.78. The standard InChI is InChI=1S/C20H19F3N4O/c1-12-11-16(13-3-5-14(6-4-13)20(21,22)23)25-17(24-12)15-7-8-19(26-15)9-10-27(2)18(19)28/h3-6,11H,7-10H2,1-2H3/t19-/m0/s1. The first-order chi connectivity index (χ1) is 13.2. The van der Waals surface area contributed by atoms with E-state index in [9.17, 15) is 18.0 Å². The summed E-state index contributed by atoms with van der Waals surface area (Å²) in [7, 11) is 1.77. The van der Waals surface area contributed by atoms with Crippen molar-refractivity contribution in [1.29, 1.82) is 0 Å². The van der Waals surface area contributed by atoms with Gasteiger partial charge in [0.25, 0.3) is 0 Å². The molecule has 0 unspecified atom stereocenters. The molecule has 1 amide bonds. The molecule has 0 bridgehead atoms. The molecule has 1 aromatic heterocycles. The first-order valence-electron chi connectivity index (χ1n) is 9.06. The summed E-state index contributed by atoms with van der Waals surface area (Å²) < 4.78 is 38.4. The average molecular weight is 388 g/mol. The third kappa shape index (κ3) is 3.16. The molecule has 1 aromatic carbocycles. The number of hydrogen-bond acceptors (Lipinski definition) is 4. The van der Waals surface area contributed by atoms with Gasteiger partial charge in [-0.2, -0.15) is 13.2 Å². The Labute approximate surface area is 160 Å². The summed E-state index contributed by atoms with van der Waals surface area (Å²) in [4.78, 5) is 27.8. The second-order valence-corrected chi connectivity index (χ2v) is 7.36. The number of likely N-dealkylation sites (N-methyl/N-ethyl adjacent to an activating group) is 1. The van der Waals surface area contributed by atoms with Gasteiger partial charge < -0.3 is 4.90 Å². The first kappa shape index (κ1) is 18.6. The first-order valence-corrected chi connectivity index (χ1v) is 9.06. The molecule has 1 atom stereocenters. The molecule has 0 aliphatic carbocycles. The van der Waals surface area contributed by atoms with E-state index in [0.717, 1.165) is 12.1 Å². The van der Waals surface area contributed by atoms with Crippen LogP contribution in [0.2, 0.25) is 0 Å². The highest BCUT2D eigenvalue weighted by atomic mass is 19.4. The van der Waals surface area contributed by atoms with Crippen LogP contribution in [-0.2, 0) is 11.0 Å². The summed E-state index contributed by atoms with van der Waals surface area (Å²) in [6.45, 7) is 2.49. The lowest BCUT2D eigenvalue weighted by Gasteiger charge is -2.16. The van der Waals surface area contributed by atoms with Crippen LogP contribution in [0.25, 0.3) is 11.3 Å². The zero-order chi connectivity index (χ0) is 20.1. The number of likely N-dealkylation sites (tertiary alicyclic amines) is 1. The number of aliphatic imine (C=N–C) groups is 1. The monoisotopic (exact) mass is 388 g/mol. The number of aryl methyl sites for hydroxylation is 1. The van der Waals surface area contributed by atoms with E-state index >= 15 is 0 Å². The zero-order valence-corrected chi connectivity index (χ0v) is 15.5. The summed E-state index contributed by atoms with van der Waals surface area (Å²) in [5.41, 5.74) is 1.08. The highest BCUT2D eigenvalue weighted by Crippen LogP contribution is 2.37. The van der Waals surface area contributed by atoms with E-state index in [2.05, 4.69) is 9.97 Å². The summed E-state index contributed by atoms with van der Waals surface area (Å²) in [5.74, 6) is 0.465. The van der Waals surface area contributed by atoms with Crippen molar-refractivity contribution in [3.63, 3.8) is 0 Å². The Hall–Kier alpha value is -2.77. The van der Waals surface area contributed by atoms with Gasteiger partial charge >= 0.3 is 6.18 Å². The van der Waals surface area contributed by atoms with Gasteiger partial charge in [0.15, 0.2) is 5.82 Å². The Morgan fingerprint density at radius 1 is 1.11 bits per heavy atom. The van der Waals surface area contributed by atoms with Gasteiger partial charge in [-0.1, -0.05) is 12.1 Å². The van der Waals surface area contributed by atoms with Gasteiger partial charge in [-0.15, -0.1) is 0 Å². The fraction of sp³-hybridized carbons (Fsp3) is 0.400. The van der Waals surface area contributed by atoms with E-state index in [1.807, 2.05) is 0 Å². The lowest BCUT2D eigenvalue weighted by atomic mass is 9.95. The van der Waals surface area contributed by atoms with Gasteiger partial charge in [-0.05, 0) is 44.4 Å². The van der Waals surface area contributed by atoms with E-state index in [1.165, 1.54) is 12.1 Å². The molecule has 146 valence electrons. The molecule has 0 radical (unpaired) electrons. The molecule has 1 fully saturated rings. The Kier molecular flexibility index (Phi) is 4.24. The Morgan fingerprint density at radius 3 is 2.43 bits per heavy atom. The summed E-state index contributed by atoms with van der Waals surface area (Å²) in [6.07, 6.45) is -2.45. The van der Waals surface area contributed by atoms with Crippen molar-refractivity contribution < 1.29 is 18.0 Å². The van der Waals surface area contributed by atoms with Crippen LogP contribution in [0.5, 0.6) is 0 Å². The maximum absolute atomic E-state index is 12.8. The number of rotatable bonds is 2. The minimum atomic E-state index is -4.38. The van der Waals surface area contributed by atoms with Crippen LogP contribution in [0, 0.1) is 6.92 Å². The van der Waals surface area contributed by atoms with Gasteiger partial charge in [0, 0.05) is 24.8 Å². The predicted octanol–water partition coefficient (Wildman–Crippen LogP) is 3.65. The number of amides is 1. The number of carbonyl (C=O) groups is 1. The minimum Gasteiger partial charge on any atom is -0.344 e. The molecule has 2 aliphatic heterocycles. The summed E-state index contributed by atoms with van der Waals surface area (Å²) in [5, 5.41) is 0. The molecule has 28 heavy (non-hydrogen) atoms. The minimum absolute atomic E-state index is 0.0260. The van der Waals surface area contributed by atoms with E-state index < -0.39 is 17.3 Å². The van der Waals surface area contributed by atoms with Crippen LogP contribution in [0.15, 0.2) is 35.3 Å². The molecule has 1 spiro atoms. The number of carbonyl (C=O) groups excluding carboxylic acids is 1. The van der Waals surface area contributed by atoms with Crippen molar-refractivity contribution in [3.8, 4) is 11.3 Å². The Morgan fingerprint density at radius 2 is 1.82 bits per heavy atom. The zero-order valence-electron chi connectivity index (χ0n) is 15.5. The average Bonchev–Trinajstić information content (AvgIpc) is 3.21. The maximum Gasteiger partial charge on any atom is 0.416 e. The number of alkyl halides is 3. The van der Waals surface area contributed by atoms with Gasteiger partial charge in [0.05, 0.1) is 17.0 Å². The molecule has 3 heterocycles. The predicted molar refractivity (Wildman–Crippen MR) is 98.0 cm³/mol. The molecular formula is C20H19F3N4O. The van der Waals surface area contributed by atoms with E-state index in [4.69, 9.17) is 4.99 Å². The lowest BCUT2D eigenvalue weighted by Crippen LogP contribution is -2.35. The van der Waals surface area contributed by atoms with Gasteiger partial charge in [0.1, 0.15) is 5.54 Å². The number of hydrogen-bond donors (Lipinski definition) is 0. The smallest absolute Gasteiger partial charge is 0.344 e. The van der Waals surface area contributed by atoms with E-state index in [0.29, 0.717) is 54.3 Å². The second-order valence-electron chi connectivity index (χ2n) is 7.36. The van der Waals surface area contributed by atoms with Crippen LogP contribution in [-0.4, -0.2) is 45.6 Å². The Balaban J connectivity index is 1.68. The molecule has 5 nitrogen and oxygen atoms in total. The van der Waals surface area contributed by atoms with Crippen molar-refractivity contribution in [2.24, 2.45) is 4.99 Å². The van der Waals surface area contributed by atoms with Crippen molar-refractivity contribution in [3.05, 3.63) is 47.4 Å². The molecule has 1 saturated heterocycles. The molecule has 0 N–H and O–H groups in total. The maximum atomic E-state index is 12.8. The van der Waals surface area contributed by atoms with Gasteiger partial charge in [-0.25, -0.2) is 9.97 Å². The van der Waals surface area contributed by atoms with Crippen LogP contribution in [0.1, 0.15) is 36.3 Å². The third-order valence-electron chi connectivity index (χ3n) is 5.35. The quantitative estimate of drug-likeness (QED) is 0.789. The third-order valence-corrected chi connectivity index (χ3v) is 5.35. The molecule has 2 aromatic rings. The van der Waals surface area contributed by atoms with Crippen LogP contribution >= 0.6 is 0 Å². The van der Waals surface area contributed by atoms with Crippen LogP contribution in [0.3, 0.4) is 0 Å². The number of aromatic nitrogens is 2. The van der Waals surface area contributed by atoms with Crippen LogP contribution < -0.4 is 0 Å². The molecular weight excluding hydrogens is 369 g/mol. The number of nitrogens with zero attached hydrogens (tertiary/aromatic N) is 4. The van der Waals surface area contributed by atoms with Crippen LogP contribution in [0.4, 0.5) is 13.2 Å². The Bertz CT molecular complexity index is 968. The highest BCUT2D eigenvalue weighted by molar-refractivity contribution is 6.03. The summed E-state index contributed by atoms with van der Waals surface area (Å²) in [6, 6.07) is 6.62. The lowest BCUT2D eigenvalue weighted by molar-refractivity contribution is -0.137. The molecule has 8 heteroatoms. The van der Waals surface area contributed by atoms with Crippen molar-refractivity contribution in [2.45, 2.75) is 37.9 Å². The summed E-state index contributed by atoms with van der Waals surface area (Å²) >= 11 is 0. The van der Waals surface area contributed by atoms with E-state index in [1.54, 1.807) is 24.9 Å². The normalized spacial score (nSPS) is 22.2. The second kappa shape index (κ2) is 6.39. The van der Waals surface area contributed by atoms with Gasteiger partial charge in [-0.3, -0.25) is 9.79 Å². The molecule has 2 aliphatic rings. The highest BCUT2D eigenvalue weighted by Gasteiger charge is 2.48. The topological polar surface area (TPSA) is 58.5 Å². The number of benzene rings is 1. The molecule has 0 saturated carbocycles. The van der Waals surface area contributed by atoms with Gasteiger partial charge in [0.2, 0.25) is 5.91 Å².